The molecule has 0 bridgehead atoms. The molecule has 14 nitrogen and oxygen atoms in total. The minimum absolute atomic E-state index is 0.0911. The fourth-order valence-corrected chi connectivity index (χ4v) is 4.88. The second-order valence-electron chi connectivity index (χ2n) is 10.8. The first kappa shape index (κ1) is 35.7. The molecule has 248 valence electrons. The highest BCUT2D eigenvalue weighted by molar-refractivity contribution is 6.05. The number of amides is 4. The maximum atomic E-state index is 12.2. The third kappa shape index (κ3) is 11.9. The van der Waals surface area contributed by atoms with E-state index < -0.39 is 12.2 Å². The lowest BCUT2D eigenvalue weighted by Crippen LogP contribution is -2.49. The van der Waals surface area contributed by atoms with Crippen LogP contribution in [-0.4, -0.2) is 99.1 Å². The summed E-state index contributed by atoms with van der Waals surface area (Å²) in [6, 6.07) is 18.3. The number of rotatable bonds is 6. The Morgan fingerprint density at radius 1 is 0.652 bits per heavy atom. The highest BCUT2D eigenvalue weighted by Gasteiger charge is 2.29. The van der Waals surface area contributed by atoms with Crippen LogP contribution in [-0.2, 0) is 32.3 Å². The summed E-state index contributed by atoms with van der Waals surface area (Å²) in [6.07, 6.45) is 2.26. The highest BCUT2D eigenvalue weighted by atomic mass is 16.6. The second-order valence-corrected chi connectivity index (χ2v) is 10.8. The third-order valence-corrected chi connectivity index (χ3v) is 7.44. The van der Waals surface area contributed by atoms with Crippen molar-refractivity contribution in [1.29, 1.82) is 0 Å². The van der Waals surface area contributed by atoms with Gasteiger partial charge in [-0.3, -0.25) is 50.6 Å². The zero-order chi connectivity index (χ0) is 33.3. The van der Waals surface area contributed by atoms with Crippen LogP contribution in [0, 0.1) is 0 Å². The number of hydrogen-bond donors (Lipinski definition) is 4. The molecule has 2 fully saturated rings. The number of hydrogen-bond acceptors (Lipinski definition) is 10. The first-order valence-electron chi connectivity index (χ1n) is 15.1. The molecule has 2 aromatic carbocycles. The number of benzene rings is 2. The highest BCUT2D eigenvalue weighted by Crippen LogP contribution is 2.15. The zero-order valence-corrected chi connectivity index (χ0v) is 26.8. The van der Waals surface area contributed by atoms with E-state index in [0.717, 1.165) is 49.9 Å². The molecule has 0 unspecified atom stereocenters. The SMILES string of the molecule is CN=C(NC(=O)OCc1ccccc1)NC(=O)[C@@H]1CCCN1C.CN=C(NC(=O)OCc1ccccc1)NC(=O)[C@@H]1CCCN1C. The number of guanidine groups is 2. The summed E-state index contributed by atoms with van der Waals surface area (Å²) in [5.74, 6) is -0.162. The Morgan fingerprint density at radius 2 is 1.02 bits per heavy atom. The largest absolute Gasteiger partial charge is 0.444 e. The predicted molar refractivity (Wildman–Crippen MR) is 174 cm³/mol. The molecule has 2 heterocycles. The van der Waals surface area contributed by atoms with Crippen molar-refractivity contribution in [2.24, 2.45) is 9.98 Å². The van der Waals surface area contributed by atoms with Gasteiger partial charge in [0.05, 0.1) is 12.1 Å². The van der Waals surface area contributed by atoms with Crippen LogP contribution in [0.2, 0.25) is 0 Å². The van der Waals surface area contributed by atoms with Gasteiger partial charge >= 0.3 is 12.2 Å². The van der Waals surface area contributed by atoms with Crippen LogP contribution in [0.5, 0.6) is 0 Å². The van der Waals surface area contributed by atoms with Crippen LogP contribution in [0.1, 0.15) is 36.8 Å². The average Bonchev–Trinajstić information content (AvgIpc) is 3.71. The topological polar surface area (TPSA) is 166 Å². The van der Waals surface area contributed by atoms with Crippen LogP contribution in [0.15, 0.2) is 70.6 Å². The van der Waals surface area contributed by atoms with Crippen molar-refractivity contribution in [2.45, 2.75) is 51.0 Å². The van der Waals surface area contributed by atoms with Gasteiger partial charge in [0.25, 0.3) is 0 Å². The minimum Gasteiger partial charge on any atom is -0.444 e. The molecule has 46 heavy (non-hydrogen) atoms. The molecule has 0 radical (unpaired) electrons. The molecule has 0 aromatic heterocycles. The van der Waals surface area contributed by atoms with Crippen LogP contribution >= 0.6 is 0 Å². The maximum Gasteiger partial charge on any atom is 0.414 e. The molecule has 4 N–H and O–H groups in total. The number of carbonyl (C=O) groups excluding carboxylic acids is 4. The Morgan fingerprint density at radius 3 is 1.33 bits per heavy atom. The normalized spacial score (nSPS) is 18.5. The Balaban J connectivity index is 0.000000250. The summed E-state index contributed by atoms with van der Waals surface area (Å²) in [5, 5.41) is 10.1. The van der Waals surface area contributed by atoms with Gasteiger partial charge in [0, 0.05) is 14.1 Å². The van der Waals surface area contributed by atoms with Gasteiger partial charge in [-0.15, -0.1) is 0 Å². The van der Waals surface area contributed by atoms with Crippen molar-refractivity contribution in [2.75, 3.05) is 41.3 Å². The molecule has 0 spiro atoms. The fraction of sp³-hybridized carbons (Fsp3) is 0.438. The zero-order valence-electron chi connectivity index (χ0n) is 26.8. The molecule has 2 aliphatic rings. The van der Waals surface area contributed by atoms with Gasteiger partial charge in [-0.25, -0.2) is 9.59 Å². The van der Waals surface area contributed by atoms with Crippen LogP contribution < -0.4 is 21.3 Å². The average molecular weight is 637 g/mol. The number of ether oxygens (including phenoxy) is 2. The smallest absolute Gasteiger partial charge is 0.414 e. The van der Waals surface area contributed by atoms with Gasteiger partial charge in [0.1, 0.15) is 13.2 Å². The van der Waals surface area contributed by atoms with E-state index in [-0.39, 0.29) is 49.0 Å². The van der Waals surface area contributed by atoms with Gasteiger partial charge in [-0.1, -0.05) is 60.7 Å². The lowest BCUT2D eigenvalue weighted by molar-refractivity contribution is -0.124. The van der Waals surface area contributed by atoms with Gasteiger partial charge in [-0.2, -0.15) is 0 Å². The van der Waals surface area contributed by atoms with Gasteiger partial charge in [-0.05, 0) is 64.0 Å². The van der Waals surface area contributed by atoms with Gasteiger partial charge < -0.3 is 9.47 Å². The molecular weight excluding hydrogens is 592 g/mol. The van der Waals surface area contributed by atoms with E-state index in [4.69, 9.17) is 9.47 Å². The van der Waals surface area contributed by atoms with Crippen molar-refractivity contribution < 1.29 is 28.7 Å². The number of likely N-dealkylation sites (N-methyl/N-ethyl adjacent to an activating group) is 2. The van der Waals surface area contributed by atoms with Crippen molar-refractivity contribution >= 4 is 35.9 Å². The number of alkyl carbamates (subject to hydrolysis) is 2. The first-order valence-corrected chi connectivity index (χ1v) is 15.1. The molecule has 0 saturated carbocycles. The molecule has 2 saturated heterocycles. The summed E-state index contributed by atoms with van der Waals surface area (Å²) in [6.45, 7) is 2.10. The quantitative estimate of drug-likeness (QED) is 0.277. The number of aliphatic imine (C=N–C) groups is 2. The molecule has 0 aliphatic carbocycles. The molecule has 2 aromatic rings. The summed E-state index contributed by atoms with van der Waals surface area (Å²) in [4.78, 5) is 59.6. The molecule has 2 aliphatic heterocycles. The molecular formula is C32H44N8O6. The van der Waals surface area contributed by atoms with E-state index in [1.54, 1.807) is 0 Å². The van der Waals surface area contributed by atoms with E-state index in [1.807, 2.05) is 84.6 Å². The van der Waals surface area contributed by atoms with Crippen LogP contribution in [0.4, 0.5) is 9.59 Å². The molecule has 14 heteroatoms. The van der Waals surface area contributed by atoms with E-state index >= 15 is 0 Å². The van der Waals surface area contributed by atoms with Crippen molar-refractivity contribution in [3.8, 4) is 0 Å². The summed E-state index contributed by atoms with van der Waals surface area (Å²) in [7, 11) is 6.79. The lowest BCUT2D eigenvalue weighted by atomic mass is 10.2. The predicted octanol–water partition coefficient (Wildman–Crippen LogP) is 2.22. The molecule has 4 amide bonds. The number of nitrogens with one attached hydrogen (secondary N) is 4. The van der Waals surface area contributed by atoms with Crippen molar-refractivity contribution in [1.82, 2.24) is 31.1 Å². The van der Waals surface area contributed by atoms with Gasteiger partial charge in [0.15, 0.2) is 0 Å². The maximum absolute atomic E-state index is 12.2. The molecule has 2 atom stereocenters. The number of likely N-dealkylation sites (tertiary alicyclic amines) is 2. The van der Waals surface area contributed by atoms with Gasteiger partial charge in [0.2, 0.25) is 23.7 Å². The first-order chi connectivity index (χ1) is 22.2. The second kappa shape index (κ2) is 18.9. The van der Waals surface area contributed by atoms with Crippen LogP contribution in [0.3, 0.4) is 0 Å². The van der Waals surface area contributed by atoms with E-state index in [1.165, 1.54) is 14.1 Å². The Bertz CT molecular complexity index is 1250. The van der Waals surface area contributed by atoms with Crippen LogP contribution in [0.25, 0.3) is 0 Å². The Hall–Kier alpha value is -4.82. The monoisotopic (exact) mass is 636 g/mol. The Labute approximate surface area is 269 Å². The standard InChI is InChI=1S/2C16H22N4O3/c2*1-17-15(18-14(21)13-9-6-10-20(13)2)19-16(22)23-11-12-7-4-3-5-8-12/h2*3-5,7-8,13H,6,9-11H2,1-2H3,(H2,17,18,19,21,22)/t2*13-/m00/s1. The fourth-order valence-electron chi connectivity index (χ4n) is 4.88. The Kier molecular flexibility index (Phi) is 14.6. The van der Waals surface area contributed by atoms with Crippen molar-refractivity contribution in [3.05, 3.63) is 71.8 Å². The van der Waals surface area contributed by atoms with Crippen molar-refractivity contribution in [3.63, 3.8) is 0 Å². The van der Waals surface area contributed by atoms with E-state index in [0.29, 0.717) is 0 Å². The number of nitrogens with zero attached hydrogens (tertiary/aromatic N) is 4. The van der Waals surface area contributed by atoms with E-state index in [2.05, 4.69) is 31.3 Å². The van der Waals surface area contributed by atoms with E-state index in [9.17, 15) is 19.2 Å². The minimum atomic E-state index is -0.658. The number of carbonyl (C=O) groups is 4. The lowest BCUT2D eigenvalue weighted by Gasteiger charge is -2.19. The summed E-state index contributed by atoms with van der Waals surface area (Å²) >= 11 is 0. The summed E-state index contributed by atoms with van der Waals surface area (Å²) < 4.78 is 10.2. The summed E-state index contributed by atoms with van der Waals surface area (Å²) in [5.41, 5.74) is 1.77. The third-order valence-electron chi connectivity index (χ3n) is 7.44. The molecule has 4 rings (SSSR count).